The molecule has 0 unspecified atom stereocenters. The maximum atomic E-state index is 12.4. The minimum Gasteiger partial charge on any atom is -0.352 e. The quantitative estimate of drug-likeness (QED) is 0.839. The molecule has 0 saturated heterocycles. The molecule has 1 aromatic carbocycles. The monoisotopic (exact) mass is 371 g/mol. The lowest BCUT2D eigenvalue weighted by molar-refractivity contribution is -0.128. The first-order valence-electron chi connectivity index (χ1n) is 8.85. The van der Waals surface area contributed by atoms with Gasteiger partial charge in [-0.25, -0.2) is 0 Å². The summed E-state index contributed by atoms with van der Waals surface area (Å²) in [6, 6.07) is 11.0. The van der Waals surface area contributed by atoms with Crippen LogP contribution in [-0.2, 0) is 16.1 Å². The van der Waals surface area contributed by atoms with Crippen LogP contribution in [0.3, 0.4) is 0 Å². The van der Waals surface area contributed by atoms with E-state index >= 15 is 0 Å². The molecular weight excluding hydrogens is 350 g/mol. The molecule has 2 N–H and O–H groups in total. The molecule has 1 aromatic heterocycles. The van der Waals surface area contributed by atoms with Crippen LogP contribution in [0.25, 0.3) is 0 Å². The highest BCUT2D eigenvalue weighted by molar-refractivity contribution is 6.33. The Labute approximate surface area is 158 Å². The molecule has 1 aliphatic carbocycles. The molecule has 5 nitrogen and oxygen atoms in total. The zero-order chi connectivity index (χ0) is 18.4. The number of halogens is 1. The number of nitrogens with one attached hydrogen (secondary N) is 2. The number of rotatable bonds is 5. The second kappa shape index (κ2) is 8.81. The van der Waals surface area contributed by atoms with Crippen molar-refractivity contribution in [3.05, 3.63) is 59.4 Å². The maximum absolute atomic E-state index is 12.4. The van der Waals surface area contributed by atoms with Crippen molar-refractivity contribution < 1.29 is 9.59 Å². The molecule has 3 rings (SSSR count). The maximum Gasteiger partial charge on any atom is 0.227 e. The van der Waals surface area contributed by atoms with E-state index in [1.807, 2.05) is 24.3 Å². The van der Waals surface area contributed by atoms with E-state index in [1.54, 1.807) is 24.5 Å². The molecule has 0 bridgehead atoms. The van der Waals surface area contributed by atoms with Gasteiger partial charge in [0.1, 0.15) is 0 Å². The van der Waals surface area contributed by atoms with E-state index in [9.17, 15) is 9.59 Å². The molecule has 1 heterocycles. The highest BCUT2D eigenvalue weighted by Gasteiger charge is 2.30. The fourth-order valence-corrected chi connectivity index (χ4v) is 3.43. The standard InChI is InChI=1S/C20H22ClN3O2/c21-17-3-1-2-4-18(17)24-20(26)16-7-5-15(6-8-16)19(25)23-13-14-9-11-22-12-10-14/h1-4,9-12,15-16H,5-8,13H2,(H,23,25)(H,24,26). The number of carbonyl (C=O) groups excluding carboxylic acids is 2. The molecule has 1 fully saturated rings. The van der Waals surface area contributed by atoms with Gasteiger partial charge in [0.25, 0.3) is 0 Å². The van der Waals surface area contributed by atoms with E-state index in [0.717, 1.165) is 18.4 Å². The predicted molar refractivity (Wildman–Crippen MR) is 102 cm³/mol. The van der Waals surface area contributed by atoms with E-state index < -0.39 is 0 Å². The molecule has 0 aliphatic heterocycles. The molecule has 0 radical (unpaired) electrons. The van der Waals surface area contributed by atoms with Crippen LogP contribution in [0.4, 0.5) is 5.69 Å². The third kappa shape index (κ3) is 4.82. The van der Waals surface area contributed by atoms with Crippen LogP contribution in [0.15, 0.2) is 48.8 Å². The summed E-state index contributed by atoms with van der Waals surface area (Å²) in [5.74, 6) is -0.0581. The van der Waals surface area contributed by atoms with Gasteiger partial charge in [-0.1, -0.05) is 23.7 Å². The Hall–Kier alpha value is -2.40. The number of amides is 2. The molecule has 136 valence electrons. The largest absolute Gasteiger partial charge is 0.352 e. The van der Waals surface area contributed by atoms with Crippen molar-refractivity contribution in [3.63, 3.8) is 0 Å². The molecule has 1 saturated carbocycles. The molecule has 0 spiro atoms. The Kier molecular flexibility index (Phi) is 6.23. The van der Waals surface area contributed by atoms with Crippen molar-refractivity contribution in [1.29, 1.82) is 0 Å². The number of aromatic nitrogens is 1. The van der Waals surface area contributed by atoms with Crippen LogP contribution >= 0.6 is 11.6 Å². The average molecular weight is 372 g/mol. The van der Waals surface area contributed by atoms with Gasteiger partial charge in [-0.2, -0.15) is 0 Å². The second-order valence-corrected chi connectivity index (χ2v) is 7.00. The van der Waals surface area contributed by atoms with E-state index in [4.69, 9.17) is 11.6 Å². The fourth-order valence-electron chi connectivity index (χ4n) is 3.25. The van der Waals surface area contributed by atoms with E-state index in [-0.39, 0.29) is 23.7 Å². The fraction of sp³-hybridized carbons (Fsp3) is 0.350. The van der Waals surface area contributed by atoms with Crippen LogP contribution in [0, 0.1) is 11.8 Å². The van der Waals surface area contributed by atoms with Crippen LogP contribution < -0.4 is 10.6 Å². The third-order valence-electron chi connectivity index (χ3n) is 4.82. The van der Waals surface area contributed by atoms with E-state index in [0.29, 0.717) is 30.1 Å². The van der Waals surface area contributed by atoms with Crippen LogP contribution in [-0.4, -0.2) is 16.8 Å². The van der Waals surface area contributed by atoms with Gasteiger partial charge < -0.3 is 10.6 Å². The van der Waals surface area contributed by atoms with Gasteiger partial charge in [0, 0.05) is 30.8 Å². The van der Waals surface area contributed by atoms with Crippen molar-refractivity contribution in [2.75, 3.05) is 5.32 Å². The molecular formula is C20H22ClN3O2. The van der Waals surface area contributed by atoms with Crippen molar-refractivity contribution >= 4 is 29.1 Å². The number of anilines is 1. The first kappa shape index (κ1) is 18.4. The van der Waals surface area contributed by atoms with Gasteiger partial charge >= 0.3 is 0 Å². The lowest BCUT2D eigenvalue weighted by Crippen LogP contribution is -2.35. The summed E-state index contributed by atoms with van der Waals surface area (Å²) >= 11 is 6.09. The summed E-state index contributed by atoms with van der Waals surface area (Å²) in [6.07, 6.45) is 6.30. The average Bonchev–Trinajstić information content (AvgIpc) is 2.69. The Morgan fingerprint density at radius 3 is 2.23 bits per heavy atom. The predicted octanol–water partition coefficient (Wildman–Crippen LogP) is 3.80. The minimum absolute atomic E-state index is 0.0197. The SMILES string of the molecule is O=C(NCc1ccncc1)C1CCC(C(=O)Nc2ccccc2Cl)CC1. The smallest absolute Gasteiger partial charge is 0.227 e. The number of benzene rings is 1. The van der Waals surface area contributed by atoms with Crippen molar-refractivity contribution in [3.8, 4) is 0 Å². The van der Waals surface area contributed by atoms with Gasteiger partial charge in [-0.05, 0) is 55.5 Å². The van der Waals surface area contributed by atoms with Gasteiger partial charge in [0.2, 0.25) is 11.8 Å². The highest BCUT2D eigenvalue weighted by Crippen LogP contribution is 2.30. The van der Waals surface area contributed by atoms with Crippen molar-refractivity contribution in [2.45, 2.75) is 32.2 Å². The summed E-state index contributed by atoms with van der Waals surface area (Å²) in [4.78, 5) is 28.7. The van der Waals surface area contributed by atoms with Gasteiger partial charge in [-0.3, -0.25) is 14.6 Å². The van der Waals surface area contributed by atoms with Crippen LogP contribution in [0.5, 0.6) is 0 Å². The zero-order valence-corrected chi connectivity index (χ0v) is 15.2. The second-order valence-electron chi connectivity index (χ2n) is 6.59. The Balaban J connectivity index is 1.45. The minimum atomic E-state index is -0.0736. The first-order chi connectivity index (χ1) is 12.6. The molecule has 0 atom stereocenters. The van der Waals surface area contributed by atoms with Gasteiger partial charge in [0.15, 0.2) is 0 Å². The molecule has 2 aromatic rings. The van der Waals surface area contributed by atoms with E-state index in [1.165, 1.54) is 0 Å². The van der Waals surface area contributed by atoms with E-state index in [2.05, 4.69) is 15.6 Å². The van der Waals surface area contributed by atoms with Crippen LogP contribution in [0.1, 0.15) is 31.2 Å². The number of nitrogens with zero attached hydrogens (tertiary/aromatic N) is 1. The van der Waals surface area contributed by atoms with Crippen LogP contribution in [0.2, 0.25) is 5.02 Å². The number of para-hydroxylation sites is 1. The number of hydrogen-bond acceptors (Lipinski definition) is 3. The molecule has 6 heteroatoms. The number of hydrogen-bond donors (Lipinski definition) is 2. The highest BCUT2D eigenvalue weighted by atomic mass is 35.5. The molecule has 26 heavy (non-hydrogen) atoms. The normalized spacial score (nSPS) is 19.6. The topological polar surface area (TPSA) is 71.1 Å². The Morgan fingerprint density at radius 1 is 0.962 bits per heavy atom. The lowest BCUT2D eigenvalue weighted by atomic mass is 9.81. The summed E-state index contributed by atoms with van der Waals surface area (Å²) in [7, 11) is 0. The number of carbonyl (C=O) groups is 2. The summed E-state index contributed by atoms with van der Waals surface area (Å²) in [5.41, 5.74) is 1.66. The van der Waals surface area contributed by atoms with Gasteiger partial charge in [0.05, 0.1) is 10.7 Å². The number of pyridine rings is 1. The summed E-state index contributed by atoms with van der Waals surface area (Å²) in [5, 5.41) is 6.40. The lowest BCUT2D eigenvalue weighted by Gasteiger charge is -2.27. The molecule has 1 aliphatic rings. The van der Waals surface area contributed by atoms with Crippen molar-refractivity contribution in [1.82, 2.24) is 10.3 Å². The molecule has 2 amide bonds. The summed E-state index contributed by atoms with van der Waals surface area (Å²) < 4.78 is 0. The zero-order valence-electron chi connectivity index (χ0n) is 14.5. The Morgan fingerprint density at radius 2 is 1.58 bits per heavy atom. The first-order valence-corrected chi connectivity index (χ1v) is 9.23. The Bertz CT molecular complexity index is 759. The van der Waals surface area contributed by atoms with Crippen molar-refractivity contribution in [2.24, 2.45) is 11.8 Å². The van der Waals surface area contributed by atoms with Gasteiger partial charge in [-0.15, -0.1) is 0 Å². The summed E-state index contributed by atoms with van der Waals surface area (Å²) in [6.45, 7) is 0.508. The third-order valence-corrected chi connectivity index (χ3v) is 5.15.